The van der Waals surface area contributed by atoms with E-state index in [2.05, 4.69) is 15.9 Å². The predicted octanol–water partition coefficient (Wildman–Crippen LogP) is 2.17. The first-order valence-corrected chi connectivity index (χ1v) is 7.51. The summed E-state index contributed by atoms with van der Waals surface area (Å²) in [4.78, 5) is 23.7. The Bertz CT molecular complexity index is 614. The highest BCUT2D eigenvalue weighted by Gasteiger charge is 2.15. The molecule has 0 aliphatic carbocycles. The number of amides is 1. The lowest BCUT2D eigenvalue weighted by Gasteiger charge is -2.20. The Labute approximate surface area is 136 Å². The van der Waals surface area contributed by atoms with Crippen molar-refractivity contribution in [3.8, 4) is 11.5 Å². The van der Waals surface area contributed by atoms with E-state index >= 15 is 0 Å². The van der Waals surface area contributed by atoms with E-state index in [-0.39, 0.29) is 18.9 Å². The molecule has 0 bridgehead atoms. The van der Waals surface area contributed by atoms with Gasteiger partial charge in [-0.25, -0.2) is 0 Å². The number of benzene rings is 1. The fraction of sp³-hybridized carbons (Fsp3) is 0.333. The number of halogens is 1. The van der Waals surface area contributed by atoms with E-state index in [1.54, 1.807) is 19.2 Å². The maximum Gasteiger partial charge on any atom is 0.305 e. The number of hydrogen-bond donors (Lipinski definition) is 1. The summed E-state index contributed by atoms with van der Waals surface area (Å²) in [7, 11) is 1.56. The summed E-state index contributed by atoms with van der Waals surface area (Å²) in [6.45, 7) is 1.17. The normalized spacial score (nSPS) is 13.2. The molecule has 1 aliphatic rings. The van der Waals surface area contributed by atoms with E-state index in [9.17, 15) is 9.59 Å². The summed E-state index contributed by atoms with van der Waals surface area (Å²) in [6, 6.07) is 3.62. The second-order valence-corrected chi connectivity index (χ2v) is 5.62. The van der Waals surface area contributed by atoms with E-state index in [0.29, 0.717) is 24.7 Å². The quantitative estimate of drug-likeness (QED) is 0.804. The Morgan fingerprint density at radius 2 is 2.09 bits per heavy atom. The van der Waals surface area contributed by atoms with Crippen LogP contribution in [-0.2, 0) is 9.59 Å². The molecule has 22 heavy (non-hydrogen) atoms. The molecule has 1 amide bonds. The van der Waals surface area contributed by atoms with E-state index in [0.717, 1.165) is 10.0 Å². The average Bonchev–Trinajstić information content (AvgIpc) is 2.50. The summed E-state index contributed by atoms with van der Waals surface area (Å²) in [6.07, 6.45) is 2.98. The Morgan fingerprint density at radius 1 is 1.36 bits per heavy atom. The lowest BCUT2D eigenvalue weighted by Crippen LogP contribution is -2.27. The van der Waals surface area contributed by atoms with Gasteiger partial charge in [-0.1, -0.05) is 0 Å². The van der Waals surface area contributed by atoms with Gasteiger partial charge in [0.15, 0.2) is 11.5 Å². The number of fused-ring (bicyclic) bond motifs is 1. The maximum atomic E-state index is 11.9. The zero-order valence-corrected chi connectivity index (χ0v) is 13.6. The van der Waals surface area contributed by atoms with Crippen molar-refractivity contribution in [2.24, 2.45) is 0 Å². The summed E-state index contributed by atoms with van der Waals surface area (Å²) in [5.41, 5.74) is 0.788. The Kier molecular flexibility index (Phi) is 5.43. The molecular formula is C15H16BrNO5. The SMILES string of the molecule is CN(CCC(=O)O)C(=O)/C=C/c1cc(Br)c2c(c1)OCCO2. The van der Waals surface area contributed by atoms with E-state index in [4.69, 9.17) is 14.6 Å². The van der Waals surface area contributed by atoms with Gasteiger partial charge in [0.05, 0.1) is 10.9 Å². The number of ether oxygens (including phenoxy) is 2. The zero-order chi connectivity index (χ0) is 16.1. The van der Waals surface area contributed by atoms with Crippen LogP contribution in [-0.4, -0.2) is 48.7 Å². The van der Waals surface area contributed by atoms with Crippen LogP contribution in [0.25, 0.3) is 6.08 Å². The van der Waals surface area contributed by atoms with Gasteiger partial charge in [0.2, 0.25) is 5.91 Å². The number of rotatable bonds is 5. The van der Waals surface area contributed by atoms with Gasteiger partial charge in [-0.3, -0.25) is 9.59 Å². The van der Waals surface area contributed by atoms with Crippen LogP contribution < -0.4 is 9.47 Å². The van der Waals surface area contributed by atoms with Crippen molar-refractivity contribution in [2.45, 2.75) is 6.42 Å². The van der Waals surface area contributed by atoms with Crippen LogP contribution in [0.5, 0.6) is 11.5 Å². The van der Waals surface area contributed by atoms with Crippen molar-refractivity contribution < 1.29 is 24.2 Å². The lowest BCUT2D eigenvalue weighted by atomic mass is 10.1. The fourth-order valence-corrected chi connectivity index (χ4v) is 2.47. The first-order valence-electron chi connectivity index (χ1n) is 6.71. The highest BCUT2D eigenvalue weighted by molar-refractivity contribution is 9.10. The number of carboxylic acid groups (broad SMARTS) is 1. The molecule has 0 fully saturated rings. The van der Waals surface area contributed by atoms with Crippen LogP contribution in [0.15, 0.2) is 22.7 Å². The van der Waals surface area contributed by atoms with Crippen LogP contribution in [0, 0.1) is 0 Å². The Balaban J connectivity index is 2.05. The minimum Gasteiger partial charge on any atom is -0.486 e. The molecule has 118 valence electrons. The fourth-order valence-electron chi connectivity index (χ4n) is 1.90. The Hall–Kier alpha value is -2.02. The van der Waals surface area contributed by atoms with Crippen LogP contribution >= 0.6 is 15.9 Å². The van der Waals surface area contributed by atoms with Gasteiger partial charge >= 0.3 is 5.97 Å². The average molecular weight is 370 g/mol. The molecule has 1 aliphatic heterocycles. The minimum absolute atomic E-state index is 0.0777. The molecule has 0 radical (unpaired) electrons. The third-order valence-corrected chi connectivity index (χ3v) is 3.66. The van der Waals surface area contributed by atoms with Gasteiger partial charge in [0, 0.05) is 19.7 Å². The standard InChI is InChI=1S/C15H16BrNO5/c1-17(5-4-14(19)20)13(18)3-2-10-8-11(16)15-12(9-10)21-6-7-22-15/h2-3,8-9H,4-7H2,1H3,(H,19,20)/b3-2+. The number of nitrogens with zero attached hydrogens (tertiary/aromatic N) is 1. The van der Waals surface area contributed by atoms with Crippen molar-refractivity contribution in [1.82, 2.24) is 4.90 Å². The smallest absolute Gasteiger partial charge is 0.305 e. The van der Waals surface area contributed by atoms with E-state index in [1.807, 2.05) is 6.07 Å². The monoisotopic (exact) mass is 369 g/mol. The zero-order valence-electron chi connectivity index (χ0n) is 12.0. The molecule has 0 saturated carbocycles. The molecule has 6 nitrogen and oxygen atoms in total. The molecular weight excluding hydrogens is 354 g/mol. The molecule has 0 unspecified atom stereocenters. The van der Waals surface area contributed by atoms with E-state index in [1.165, 1.54) is 11.0 Å². The minimum atomic E-state index is -0.931. The first kappa shape index (κ1) is 16.4. The lowest BCUT2D eigenvalue weighted by molar-refractivity contribution is -0.137. The third kappa shape index (κ3) is 4.24. The molecule has 1 heterocycles. The number of hydrogen-bond acceptors (Lipinski definition) is 4. The second-order valence-electron chi connectivity index (χ2n) is 4.76. The Morgan fingerprint density at radius 3 is 2.82 bits per heavy atom. The van der Waals surface area contributed by atoms with Crippen molar-refractivity contribution in [3.05, 3.63) is 28.2 Å². The van der Waals surface area contributed by atoms with Crippen molar-refractivity contribution in [3.63, 3.8) is 0 Å². The predicted molar refractivity (Wildman–Crippen MR) is 84.1 cm³/mol. The summed E-state index contributed by atoms with van der Waals surface area (Å²) >= 11 is 3.41. The summed E-state index contributed by atoms with van der Waals surface area (Å²) in [5, 5.41) is 8.61. The number of carbonyl (C=O) groups excluding carboxylic acids is 1. The number of likely N-dealkylation sites (N-methyl/N-ethyl adjacent to an activating group) is 1. The topological polar surface area (TPSA) is 76.1 Å². The molecule has 7 heteroatoms. The third-order valence-electron chi connectivity index (χ3n) is 3.07. The molecule has 0 aromatic heterocycles. The van der Waals surface area contributed by atoms with Gasteiger partial charge < -0.3 is 19.5 Å². The molecule has 0 atom stereocenters. The summed E-state index contributed by atoms with van der Waals surface area (Å²) < 4.78 is 11.8. The van der Waals surface area contributed by atoms with Crippen LogP contribution in [0.4, 0.5) is 0 Å². The van der Waals surface area contributed by atoms with E-state index < -0.39 is 5.97 Å². The molecule has 1 N–H and O–H groups in total. The maximum absolute atomic E-state index is 11.9. The number of aliphatic carboxylic acids is 1. The molecule has 1 aromatic rings. The van der Waals surface area contributed by atoms with Crippen LogP contribution in [0.2, 0.25) is 0 Å². The van der Waals surface area contributed by atoms with Crippen molar-refractivity contribution >= 4 is 33.9 Å². The molecule has 0 spiro atoms. The van der Waals surface area contributed by atoms with Crippen molar-refractivity contribution in [2.75, 3.05) is 26.8 Å². The van der Waals surface area contributed by atoms with Gasteiger partial charge in [-0.05, 0) is 39.7 Å². The highest BCUT2D eigenvalue weighted by Crippen LogP contribution is 2.38. The second kappa shape index (κ2) is 7.31. The van der Waals surface area contributed by atoms with Crippen LogP contribution in [0.1, 0.15) is 12.0 Å². The van der Waals surface area contributed by atoms with Crippen molar-refractivity contribution in [1.29, 1.82) is 0 Å². The van der Waals surface area contributed by atoms with Gasteiger partial charge in [-0.2, -0.15) is 0 Å². The number of carbonyl (C=O) groups is 2. The molecule has 1 aromatic carbocycles. The van der Waals surface area contributed by atoms with Gasteiger partial charge in [0.1, 0.15) is 13.2 Å². The molecule has 0 saturated heterocycles. The largest absolute Gasteiger partial charge is 0.486 e. The summed E-state index contributed by atoms with van der Waals surface area (Å²) in [5.74, 6) is 0.104. The molecule has 2 rings (SSSR count). The van der Waals surface area contributed by atoms with Crippen LogP contribution in [0.3, 0.4) is 0 Å². The van der Waals surface area contributed by atoms with Gasteiger partial charge in [-0.15, -0.1) is 0 Å². The first-order chi connectivity index (χ1) is 10.5. The highest BCUT2D eigenvalue weighted by atomic mass is 79.9. The van der Waals surface area contributed by atoms with Gasteiger partial charge in [0.25, 0.3) is 0 Å². The number of carboxylic acids is 1.